The van der Waals surface area contributed by atoms with E-state index >= 15 is 0 Å². The van der Waals surface area contributed by atoms with Crippen LogP contribution in [0.25, 0.3) is 0 Å². The van der Waals surface area contributed by atoms with Crippen molar-refractivity contribution in [2.45, 2.75) is 51.0 Å². The number of carbonyl (C=O) groups excluding carboxylic acids is 2. The summed E-state index contributed by atoms with van der Waals surface area (Å²) in [6.45, 7) is 1.57. The van der Waals surface area contributed by atoms with Gasteiger partial charge in [-0.2, -0.15) is 0 Å². The Morgan fingerprint density at radius 3 is 2.23 bits per heavy atom. The molecule has 1 aliphatic carbocycles. The monoisotopic (exact) mass is 301 g/mol. The molecule has 4 heteroatoms. The molecular formula is C18H23NO3. The lowest BCUT2D eigenvalue weighted by Gasteiger charge is -2.27. The number of amides is 1. The highest BCUT2D eigenvalue weighted by Gasteiger charge is 2.26. The first-order valence-electron chi connectivity index (χ1n) is 8.35. The van der Waals surface area contributed by atoms with Crippen LogP contribution in [0.2, 0.25) is 0 Å². The highest BCUT2D eigenvalue weighted by atomic mass is 16.5. The Morgan fingerprint density at radius 1 is 0.909 bits per heavy atom. The minimum absolute atomic E-state index is 0.0191. The molecule has 0 N–H and O–H groups in total. The topological polar surface area (TPSA) is 46.6 Å². The third kappa shape index (κ3) is 3.32. The molecule has 1 aromatic rings. The standard InChI is InChI=1S/C18H23NO3/c20-17(19-12-6-1-7-13-19)15-10-4-5-11-16(15)18(21)22-14-8-2-3-9-14/h4-5,10-11,14H,1-3,6-9,12-13H2. The summed E-state index contributed by atoms with van der Waals surface area (Å²) in [4.78, 5) is 26.9. The summed E-state index contributed by atoms with van der Waals surface area (Å²) < 4.78 is 5.57. The molecule has 1 saturated heterocycles. The molecule has 2 fully saturated rings. The van der Waals surface area contributed by atoms with Gasteiger partial charge in [0, 0.05) is 13.1 Å². The van der Waals surface area contributed by atoms with Crippen molar-refractivity contribution in [3.05, 3.63) is 35.4 Å². The van der Waals surface area contributed by atoms with E-state index in [2.05, 4.69) is 0 Å². The number of esters is 1. The zero-order chi connectivity index (χ0) is 15.4. The van der Waals surface area contributed by atoms with Crippen molar-refractivity contribution in [2.75, 3.05) is 13.1 Å². The number of hydrogen-bond acceptors (Lipinski definition) is 3. The van der Waals surface area contributed by atoms with Crippen molar-refractivity contribution in [3.8, 4) is 0 Å². The van der Waals surface area contributed by atoms with E-state index in [0.29, 0.717) is 11.1 Å². The molecule has 1 aromatic carbocycles. The number of piperidine rings is 1. The number of carbonyl (C=O) groups is 2. The summed E-state index contributed by atoms with van der Waals surface area (Å²) in [5, 5.41) is 0. The number of likely N-dealkylation sites (tertiary alicyclic amines) is 1. The van der Waals surface area contributed by atoms with Gasteiger partial charge in [-0.05, 0) is 57.1 Å². The van der Waals surface area contributed by atoms with Gasteiger partial charge in [-0.25, -0.2) is 4.79 Å². The summed E-state index contributed by atoms with van der Waals surface area (Å²) in [5.74, 6) is -0.397. The van der Waals surface area contributed by atoms with Crippen molar-refractivity contribution in [1.29, 1.82) is 0 Å². The van der Waals surface area contributed by atoms with Gasteiger partial charge in [-0.15, -0.1) is 0 Å². The van der Waals surface area contributed by atoms with E-state index in [1.54, 1.807) is 18.2 Å². The van der Waals surface area contributed by atoms with Crippen LogP contribution in [0, 0.1) is 0 Å². The minimum Gasteiger partial charge on any atom is -0.459 e. The lowest BCUT2D eigenvalue weighted by Crippen LogP contribution is -2.36. The molecule has 0 radical (unpaired) electrons. The Balaban J connectivity index is 1.76. The second kappa shape index (κ2) is 6.95. The van der Waals surface area contributed by atoms with Crippen molar-refractivity contribution in [3.63, 3.8) is 0 Å². The molecule has 1 heterocycles. The zero-order valence-electron chi connectivity index (χ0n) is 12.9. The fourth-order valence-electron chi connectivity index (χ4n) is 3.34. The predicted molar refractivity (Wildman–Crippen MR) is 83.9 cm³/mol. The molecule has 22 heavy (non-hydrogen) atoms. The molecule has 0 atom stereocenters. The van der Waals surface area contributed by atoms with Crippen molar-refractivity contribution in [2.24, 2.45) is 0 Å². The van der Waals surface area contributed by atoms with E-state index in [-0.39, 0.29) is 18.0 Å². The number of ether oxygens (including phenoxy) is 1. The van der Waals surface area contributed by atoms with Crippen molar-refractivity contribution in [1.82, 2.24) is 4.90 Å². The summed E-state index contributed by atoms with van der Waals surface area (Å²) >= 11 is 0. The van der Waals surface area contributed by atoms with Gasteiger partial charge >= 0.3 is 5.97 Å². The lowest BCUT2D eigenvalue weighted by molar-refractivity contribution is 0.0313. The van der Waals surface area contributed by atoms with E-state index in [4.69, 9.17) is 4.74 Å². The van der Waals surface area contributed by atoms with Crippen LogP contribution in [0.5, 0.6) is 0 Å². The van der Waals surface area contributed by atoms with Crippen molar-refractivity contribution < 1.29 is 14.3 Å². The highest BCUT2D eigenvalue weighted by molar-refractivity contribution is 6.05. The number of nitrogens with zero attached hydrogens (tertiary/aromatic N) is 1. The van der Waals surface area contributed by atoms with E-state index in [9.17, 15) is 9.59 Å². The second-order valence-electron chi connectivity index (χ2n) is 6.21. The molecule has 0 bridgehead atoms. The average Bonchev–Trinajstić information content (AvgIpc) is 3.08. The highest BCUT2D eigenvalue weighted by Crippen LogP contribution is 2.23. The minimum atomic E-state index is -0.354. The molecule has 1 saturated carbocycles. The molecule has 1 amide bonds. The quantitative estimate of drug-likeness (QED) is 0.804. The third-order valence-corrected chi connectivity index (χ3v) is 4.60. The van der Waals surface area contributed by atoms with Crippen LogP contribution in [-0.2, 0) is 4.74 Å². The van der Waals surface area contributed by atoms with Gasteiger partial charge in [0.05, 0.1) is 11.1 Å². The Bertz CT molecular complexity index is 543. The first-order valence-corrected chi connectivity index (χ1v) is 8.35. The van der Waals surface area contributed by atoms with Gasteiger partial charge in [-0.1, -0.05) is 12.1 Å². The Kier molecular flexibility index (Phi) is 4.76. The first-order chi connectivity index (χ1) is 10.8. The van der Waals surface area contributed by atoms with Crippen LogP contribution in [0.15, 0.2) is 24.3 Å². The Morgan fingerprint density at radius 2 is 1.55 bits per heavy atom. The molecular weight excluding hydrogens is 278 g/mol. The van der Waals surface area contributed by atoms with Gasteiger partial charge < -0.3 is 9.64 Å². The third-order valence-electron chi connectivity index (χ3n) is 4.60. The number of hydrogen-bond donors (Lipinski definition) is 0. The fourth-order valence-corrected chi connectivity index (χ4v) is 3.34. The smallest absolute Gasteiger partial charge is 0.339 e. The van der Waals surface area contributed by atoms with E-state index in [0.717, 1.165) is 51.6 Å². The maximum absolute atomic E-state index is 12.7. The van der Waals surface area contributed by atoms with Gasteiger partial charge in [-0.3, -0.25) is 4.79 Å². The van der Waals surface area contributed by atoms with E-state index in [1.807, 2.05) is 11.0 Å². The molecule has 0 aromatic heterocycles. The Hall–Kier alpha value is -1.84. The van der Waals surface area contributed by atoms with Crippen LogP contribution >= 0.6 is 0 Å². The van der Waals surface area contributed by atoms with E-state index < -0.39 is 0 Å². The summed E-state index contributed by atoms with van der Waals surface area (Å²) in [7, 11) is 0. The van der Waals surface area contributed by atoms with Gasteiger partial charge in [0.2, 0.25) is 0 Å². The predicted octanol–water partition coefficient (Wildman–Crippen LogP) is 3.41. The summed E-state index contributed by atoms with van der Waals surface area (Å²) in [6.07, 6.45) is 7.39. The van der Waals surface area contributed by atoms with Gasteiger partial charge in [0.1, 0.15) is 6.10 Å². The molecule has 0 spiro atoms. The molecule has 4 nitrogen and oxygen atoms in total. The average molecular weight is 301 g/mol. The van der Waals surface area contributed by atoms with Crippen molar-refractivity contribution >= 4 is 11.9 Å². The molecule has 3 rings (SSSR count). The fraction of sp³-hybridized carbons (Fsp3) is 0.556. The Labute approximate surface area is 131 Å². The van der Waals surface area contributed by atoms with Crippen LogP contribution in [0.1, 0.15) is 65.7 Å². The van der Waals surface area contributed by atoms with Crippen LogP contribution in [0.3, 0.4) is 0 Å². The SMILES string of the molecule is O=C(OC1CCCC1)c1ccccc1C(=O)N1CCCCC1. The largest absolute Gasteiger partial charge is 0.459 e. The van der Waals surface area contributed by atoms with E-state index in [1.165, 1.54) is 6.42 Å². The van der Waals surface area contributed by atoms with Crippen LogP contribution in [-0.4, -0.2) is 36.0 Å². The maximum atomic E-state index is 12.7. The molecule has 118 valence electrons. The number of rotatable bonds is 3. The lowest BCUT2D eigenvalue weighted by atomic mass is 10.0. The first kappa shape index (κ1) is 15.1. The second-order valence-corrected chi connectivity index (χ2v) is 6.21. The molecule has 2 aliphatic rings. The zero-order valence-corrected chi connectivity index (χ0v) is 12.9. The summed E-state index contributed by atoms with van der Waals surface area (Å²) in [5.41, 5.74) is 0.886. The summed E-state index contributed by atoms with van der Waals surface area (Å²) in [6, 6.07) is 7.04. The van der Waals surface area contributed by atoms with Gasteiger partial charge in [0.15, 0.2) is 0 Å². The van der Waals surface area contributed by atoms with Gasteiger partial charge in [0.25, 0.3) is 5.91 Å². The molecule has 0 unspecified atom stereocenters. The molecule has 1 aliphatic heterocycles. The van der Waals surface area contributed by atoms with Crippen LogP contribution in [0.4, 0.5) is 0 Å². The maximum Gasteiger partial charge on any atom is 0.339 e. The number of benzene rings is 1. The van der Waals surface area contributed by atoms with Crippen LogP contribution < -0.4 is 0 Å². The normalized spacial score (nSPS) is 19.2.